The Bertz CT molecular complexity index is 2910. The molecule has 1 fully saturated rings. The number of fused-ring (bicyclic) bond motifs is 2. The van der Waals surface area contributed by atoms with Crippen molar-refractivity contribution in [2.45, 2.75) is 31.7 Å². The number of hydrogen-bond donors (Lipinski definition) is 4. The minimum Gasteiger partial charge on any atom is -0.495 e. The number of amides is 3. The molecule has 19 heteroatoms. The number of carbonyl (C=O) groups is 3. The Balaban J connectivity index is 0.874. The van der Waals surface area contributed by atoms with Crippen molar-refractivity contribution < 1.29 is 23.9 Å². The number of hydrogen-bond acceptors (Lipinski definition) is 15. The Labute approximate surface area is 414 Å². The molecule has 19 nitrogen and oxygen atoms in total. The van der Waals surface area contributed by atoms with Gasteiger partial charge in [0.2, 0.25) is 23.7 Å². The van der Waals surface area contributed by atoms with Crippen LogP contribution in [0.1, 0.15) is 36.0 Å². The van der Waals surface area contributed by atoms with Gasteiger partial charge >= 0.3 is 0 Å². The van der Waals surface area contributed by atoms with Crippen molar-refractivity contribution in [1.82, 2.24) is 39.6 Å². The predicted molar refractivity (Wildman–Crippen MR) is 281 cm³/mol. The van der Waals surface area contributed by atoms with Crippen LogP contribution in [0.15, 0.2) is 91.4 Å². The topological polar surface area (TPSA) is 190 Å². The molecule has 3 amide bonds. The lowest BCUT2D eigenvalue weighted by atomic mass is 10.1. The molecule has 0 atom stereocenters. The van der Waals surface area contributed by atoms with Crippen LogP contribution in [0.3, 0.4) is 0 Å². The number of anilines is 8. The normalized spacial score (nSPS) is 13.9. The van der Waals surface area contributed by atoms with E-state index in [1.165, 1.54) is 6.08 Å². The van der Waals surface area contributed by atoms with Gasteiger partial charge < -0.3 is 59.8 Å². The smallest absolute Gasteiger partial charge is 0.251 e. The molecule has 1 aliphatic heterocycles. The van der Waals surface area contributed by atoms with E-state index in [1.807, 2.05) is 70.5 Å². The molecule has 3 aromatic carbocycles. The molecule has 0 radical (unpaired) electrons. The lowest BCUT2D eigenvalue weighted by Crippen LogP contribution is -2.48. The summed E-state index contributed by atoms with van der Waals surface area (Å²) in [4.78, 5) is 68.3. The number of benzene rings is 3. The van der Waals surface area contributed by atoms with Gasteiger partial charge in [-0.05, 0) is 70.4 Å². The number of rotatable bonds is 20. The lowest BCUT2D eigenvalue weighted by Gasteiger charge is -2.37. The Morgan fingerprint density at radius 1 is 0.845 bits per heavy atom. The molecular weight excluding hydrogens is 901 g/mol. The number of nitrogens with zero attached hydrogens (tertiary/aromatic N) is 10. The molecule has 372 valence electrons. The molecule has 3 aromatic heterocycles. The third kappa shape index (κ3) is 11.6. The number of nitrogens with one attached hydrogen (secondary N) is 4. The van der Waals surface area contributed by atoms with E-state index in [0.29, 0.717) is 77.9 Å². The van der Waals surface area contributed by atoms with Crippen molar-refractivity contribution in [2.24, 2.45) is 7.05 Å². The molecule has 0 spiro atoms. The van der Waals surface area contributed by atoms with Crippen LogP contribution < -0.4 is 45.4 Å². The van der Waals surface area contributed by atoms with Crippen LogP contribution in [0, 0.1) is 0 Å². The first-order chi connectivity index (χ1) is 34.3. The third-order valence-corrected chi connectivity index (χ3v) is 12.9. The summed E-state index contributed by atoms with van der Waals surface area (Å²) < 4.78 is 13.6. The zero-order valence-corrected chi connectivity index (χ0v) is 41.8. The largest absolute Gasteiger partial charge is 0.495 e. The average molecular weight is 965 g/mol. The molecule has 0 unspecified atom stereocenters. The second-order valence-electron chi connectivity index (χ2n) is 18.2. The summed E-state index contributed by atoms with van der Waals surface area (Å²) in [5.41, 5.74) is 6.50. The summed E-state index contributed by atoms with van der Waals surface area (Å²) in [7, 11) is 14.8. The van der Waals surface area contributed by atoms with Crippen molar-refractivity contribution in [2.75, 3.05) is 119 Å². The van der Waals surface area contributed by atoms with Gasteiger partial charge in [0.05, 0.1) is 55.4 Å². The van der Waals surface area contributed by atoms with Gasteiger partial charge in [-0.25, -0.2) is 15.0 Å². The first-order valence-corrected chi connectivity index (χ1v) is 23.8. The number of aromatic nitrogens is 5. The molecule has 1 saturated carbocycles. The van der Waals surface area contributed by atoms with Crippen LogP contribution in [-0.2, 0) is 16.6 Å². The zero-order valence-electron chi connectivity index (χ0n) is 41.8. The highest BCUT2D eigenvalue weighted by molar-refractivity contribution is 6.03. The van der Waals surface area contributed by atoms with E-state index in [-0.39, 0.29) is 30.3 Å². The van der Waals surface area contributed by atoms with Crippen molar-refractivity contribution in [3.8, 4) is 22.8 Å². The predicted octanol–water partition coefficient (Wildman–Crippen LogP) is 6.51. The SMILES string of the molecule is COc1cc(N(C)CCN(C)C)c(NC(=O)/C=C/CN(C)CCNC(=O)c2ccc(Nc3ncc4c(n3)N(C3CCCC3)CC(=O)N4C)c(OC)c2)cc1Nc1nccc(-c2cn(C)c3ccccc23)n1. The van der Waals surface area contributed by atoms with E-state index in [0.717, 1.165) is 65.9 Å². The highest BCUT2D eigenvalue weighted by Gasteiger charge is 2.34. The van der Waals surface area contributed by atoms with Gasteiger partial charge in [0.25, 0.3) is 5.91 Å². The van der Waals surface area contributed by atoms with Crippen LogP contribution in [0.25, 0.3) is 22.2 Å². The van der Waals surface area contributed by atoms with Crippen LogP contribution in [0.5, 0.6) is 11.5 Å². The minimum atomic E-state index is -0.306. The third-order valence-electron chi connectivity index (χ3n) is 12.9. The van der Waals surface area contributed by atoms with Crippen molar-refractivity contribution in [1.29, 1.82) is 0 Å². The maximum atomic E-state index is 13.5. The summed E-state index contributed by atoms with van der Waals surface area (Å²) in [6, 6.07) is 19.2. The molecule has 0 saturated heterocycles. The van der Waals surface area contributed by atoms with Gasteiger partial charge in [0.1, 0.15) is 17.2 Å². The van der Waals surface area contributed by atoms with Crippen LogP contribution in [0.2, 0.25) is 0 Å². The molecule has 0 bridgehead atoms. The first kappa shape index (κ1) is 49.6. The molecule has 71 heavy (non-hydrogen) atoms. The first-order valence-electron chi connectivity index (χ1n) is 23.8. The van der Waals surface area contributed by atoms with Gasteiger partial charge in [-0.1, -0.05) is 37.1 Å². The molecule has 1 aliphatic carbocycles. The summed E-state index contributed by atoms with van der Waals surface area (Å²) >= 11 is 0. The monoisotopic (exact) mass is 965 g/mol. The summed E-state index contributed by atoms with van der Waals surface area (Å²) in [5.74, 6) is 1.93. The van der Waals surface area contributed by atoms with E-state index >= 15 is 0 Å². The molecule has 4 heterocycles. The second kappa shape index (κ2) is 22.3. The quantitative estimate of drug-likeness (QED) is 0.0606. The fourth-order valence-corrected chi connectivity index (χ4v) is 8.93. The standard InChI is InChI=1S/C52H64N14O5/c1-61(2)26-27-63(4)43-30-46(71-8)41(59-51-54-22-21-38(57-51)37-32-64(5)42-17-12-11-16-36(37)42)29-40(43)56-47(67)18-13-24-62(3)25-23-53-50(69)34-19-20-39(45(28-34)70-7)58-52-55-31-44-49(60-52)66(33-48(68)65(44)6)35-14-9-10-15-35/h11-13,16-22,28-32,35H,9-10,14-15,23-27,33H2,1-8H3,(H,53,69)(H,56,67)(H,54,57,59)(H,55,58,60)/b18-13+. The molecular formula is C52H64N14O5. The Morgan fingerprint density at radius 3 is 2.37 bits per heavy atom. The van der Waals surface area contributed by atoms with Crippen LogP contribution in [0.4, 0.5) is 46.2 Å². The summed E-state index contributed by atoms with van der Waals surface area (Å²) in [5, 5.41) is 13.8. The second-order valence-corrected chi connectivity index (χ2v) is 18.2. The highest BCUT2D eigenvalue weighted by Crippen LogP contribution is 2.40. The molecule has 2 aliphatic rings. The number of ether oxygens (including phenoxy) is 2. The minimum absolute atomic E-state index is 0.0175. The zero-order chi connectivity index (χ0) is 50.2. The maximum Gasteiger partial charge on any atom is 0.251 e. The lowest BCUT2D eigenvalue weighted by molar-refractivity contribution is -0.117. The van der Waals surface area contributed by atoms with Crippen molar-refractivity contribution in [3.05, 3.63) is 97.0 Å². The molecule has 6 aromatic rings. The van der Waals surface area contributed by atoms with E-state index < -0.39 is 0 Å². The van der Waals surface area contributed by atoms with E-state index in [4.69, 9.17) is 19.4 Å². The van der Waals surface area contributed by atoms with Gasteiger partial charge in [-0.15, -0.1) is 0 Å². The van der Waals surface area contributed by atoms with Crippen LogP contribution in [-0.4, -0.2) is 147 Å². The van der Waals surface area contributed by atoms with Crippen molar-refractivity contribution >= 4 is 74.8 Å². The number of carbonyl (C=O) groups excluding carboxylic acids is 3. The van der Waals surface area contributed by atoms with E-state index in [1.54, 1.807) is 62.8 Å². The van der Waals surface area contributed by atoms with Crippen molar-refractivity contribution in [3.63, 3.8) is 0 Å². The highest BCUT2D eigenvalue weighted by atomic mass is 16.5. The number of methoxy groups -OCH3 is 2. The van der Waals surface area contributed by atoms with E-state index in [2.05, 4.69) is 68.8 Å². The number of likely N-dealkylation sites (N-methyl/N-ethyl adjacent to an activating group) is 4. The van der Waals surface area contributed by atoms with Gasteiger partial charge in [0.15, 0.2) is 5.82 Å². The average Bonchev–Trinajstić information content (AvgIpc) is 4.03. The maximum absolute atomic E-state index is 13.5. The van der Waals surface area contributed by atoms with Gasteiger partial charge in [0, 0.05) is 106 Å². The Kier molecular flexibility index (Phi) is 15.6. The Hall–Kier alpha value is -7.77. The fraction of sp³-hybridized carbons (Fsp3) is 0.365. The summed E-state index contributed by atoms with van der Waals surface area (Å²) in [6.07, 6.45) is 13.1. The molecule has 8 rings (SSSR count). The fourth-order valence-electron chi connectivity index (χ4n) is 8.93. The Morgan fingerprint density at radius 2 is 1.59 bits per heavy atom. The number of para-hydroxylation sites is 1. The van der Waals surface area contributed by atoms with Crippen LogP contribution >= 0.6 is 0 Å². The number of aryl methyl sites for hydroxylation is 1. The van der Waals surface area contributed by atoms with Gasteiger partial charge in [-0.3, -0.25) is 14.4 Å². The summed E-state index contributed by atoms with van der Waals surface area (Å²) in [6.45, 7) is 3.13. The van der Waals surface area contributed by atoms with E-state index in [9.17, 15) is 14.4 Å². The molecule has 4 N–H and O–H groups in total. The van der Waals surface area contributed by atoms with Gasteiger partial charge in [-0.2, -0.15) is 4.98 Å².